The molecule has 1 N–H and O–H groups in total. The van der Waals surface area contributed by atoms with E-state index in [0.29, 0.717) is 16.5 Å². The zero-order valence-electron chi connectivity index (χ0n) is 9.48. The Morgan fingerprint density at radius 1 is 1.61 bits per heavy atom. The molecule has 4 nitrogen and oxygen atoms in total. The van der Waals surface area contributed by atoms with Gasteiger partial charge in [0.1, 0.15) is 0 Å². The van der Waals surface area contributed by atoms with E-state index >= 15 is 0 Å². The maximum absolute atomic E-state index is 11.5. The predicted octanol–water partition coefficient (Wildman–Crippen LogP) is 2.81. The Morgan fingerprint density at radius 3 is 3.11 bits per heavy atom. The Kier molecular flexibility index (Phi) is 4.17. The molecule has 94 valence electrons. The summed E-state index contributed by atoms with van der Waals surface area (Å²) in [5, 5.41) is 5.65. The van der Waals surface area contributed by atoms with Crippen LogP contribution < -0.4 is 5.32 Å². The molecule has 1 amide bonds. The number of amides is 1. The van der Waals surface area contributed by atoms with Crippen molar-refractivity contribution in [1.29, 1.82) is 0 Å². The van der Waals surface area contributed by atoms with Crippen LogP contribution in [0.25, 0.3) is 10.8 Å². The molecule has 0 unspecified atom stereocenters. The number of hydrogen-bond donors (Lipinski definition) is 1. The number of hydrogen-bond acceptors (Lipinski definition) is 4. The van der Waals surface area contributed by atoms with Crippen molar-refractivity contribution in [2.24, 2.45) is 0 Å². The predicted molar refractivity (Wildman–Crippen MR) is 71.5 cm³/mol. The van der Waals surface area contributed by atoms with Gasteiger partial charge in [-0.25, -0.2) is 4.98 Å². The Balaban J connectivity index is 1.95. The van der Waals surface area contributed by atoms with E-state index in [0.717, 1.165) is 5.01 Å². The highest BCUT2D eigenvalue weighted by molar-refractivity contribution is 7.13. The number of aromatic nitrogens is 1. The van der Waals surface area contributed by atoms with E-state index in [1.165, 1.54) is 11.3 Å². The molecule has 6 heteroatoms. The molecule has 0 aliphatic carbocycles. The Bertz CT molecular complexity index is 548. The van der Waals surface area contributed by atoms with Gasteiger partial charge < -0.3 is 9.73 Å². The first-order valence-electron chi connectivity index (χ1n) is 5.23. The van der Waals surface area contributed by atoms with Crippen LogP contribution in [-0.4, -0.2) is 17.4 Å². The maximum atomic E-state index is 11.5. The number of carbonyl (C=O) groups excluding carboxylic acids is 1. The first-order chi connectivity index (χ1) is 8.65. The fourth-order valence-electron chi connectivity index (χ4n) is 1.32. The SMILES string of the molecule is C=C(Cl)CNC(=O)Cc1csc(-c2ccco2)n1. The number of nitrogens with zero attached hydrogens (tertiary/aromatic N) is 1. The van der Waals surface area contributed by atoms with E-state index in [1.807, 2.05) is 11.4 Å². The normalized spacial score (nSPS) is 10.3. The Hall–Kier alpha value is -1.59. The molecule has 0 fully saturated rings. The number of thiazole rings is 1. The van der Waals surface area contributed by atoms with Crippen LogP contribution in [0.15, 0.2) is 39.8 Å². The second-order valence-electron chi connectivity index (χ2n) is 3.59. The van der Waals surface area contributed by atoms with Gasteiger partial charge in [-0.15, -0.1) is 11.3 Å². The first-order valence-corrected chi connectivity index (χ1v) is 6.49. The summed E-state index contributed by atoms with van der Waals surface area (Å²) >= 11 is 7.01. The number of nitrogens with one attached hydrogen (secondary N) is 1. The van der Waals surface area contributed by atoms with E-state index in [4.69, 9.17) is 16.0 Å². The minimum absolute atomic E-state index is 0.131. The summed E-state index contributed by atoms with van der Waals surface area (Å²) in [6.07, 6.45) is 1.82. The van der Waals surface area contributed by atoms with Crippen LogP contribution in [0.2, 0.25) is 0 Å². The van der Waals surface area contributed by atoms with Crippen LogP contribution >= 0.6 is 22.9 Å². The molecule has 0 bridgehead atoms. The Morgan fingerprint density at radius 2 is 2.44 bits per heavy atom. The van der Waals surface area contributed by atoms with Crippen molar-refractivity contribution in [2.45, 2.75) is 6.42 Å². The van der Waals surface area contributed by atoms with Crippen molar-refractivity contribution in [2.75, 3.05) is 6.54 Å². The van der Waals surface area contributed by atoms with Crippen LogP contribution in [0.3, 0.4) is 0 Å². The van der Waals surface area contributed by atoms with Gasteiger partial charge in [0.2, 0.25) is 5.91 Å². The second-order valence-corrected chi connectivity index (χ2v) is 4.98. The van der Waals surface area contributed by atoms with Crippen LogP contribution in [0, 0.1) is 0 Å². The van der Waals surface area contributed by atoms with Crippen LogP contribution in [0.5, 0.6) is 0 Å². The maximum Gasteiger partial charge on any atom is 0.226 e. The lowest BCUT2D eigenvalue weighted by molar-refractivity contribution is -0.120. The van der Waals surface area contributed by atoms with E-state index in [1.54, 1.807) is 12.3 Å². The van der Waals surface area contributed by atoms with Gasteiger partial charge in [0.15, 0.2) is 10.8 Å². The number of furan rings is 1. The molecule has 0 spiro atoms. The first kappa shape index (κ1) is 12.9. The lowest BCUT2D eigenvalue weighted by Crippen LogP contribution is -2.26. The van der Waals surface area contributed by atoms with E-state index < -0.39 is 0 Å². The van der Waals surface area contributed by atoms with E-state index in [9.17, 15) is 4.79 Å². The number of halogens is 1. The summed E-state index contributed by atoms with van der Waals surface area (Å²) in [5.74, 6) is 0.578. The lowest BCUT2D eigenvalue weighted by atomic mass is 10.3. The molecule has 0 radical (unpaired) electrons. The largest absolute Gasteiger partial charge is 0.462 e. The molecular formula is C12H11ClN2O2S. The van der Waals surface area contributed by atoms with Crippen molar-refractivity contribution < 1.29 is 9.21 Å². The van der Waals surface area contributed by atoms with Crippen molar-refractivity contribution in [1.82, 2.24) is 10.3 Å². The molecular weight excluding hydrogens is 272 g/mol. The van der Waals surface area contributed by atoms with Gasteiger partial charge in [-0.2, -0.15) is 0 Å². The highest BCUT2D eigenvalue weighted by Crippen LogP contribution is 2.23. The molecule has 0 atom stereocenters. The van der Waals surface area contributed by atoms with Gasteiger partial charge in [-0.3, -0.25) is 4.79 Å². The van der Waals surface area contributed by atoms with Gasteiger partial charge in [0.05, 0.1) is 24.9 Å². The molecule has 2 aromatic heterocycles. The molecule has 0 aromatic carbocycles. The zero-order chi connectivity index (χ0) is 13.0. The summed E-state index contributed by atoms with van der Waals surface area (Å²) in [6, 6.07) is 3.63. The summed E-state index contributed by atoms with van der Waals surface area (Å²) in [7, 11) is 0. The fourth-order valence-corrected chi connectivity index (χ4v) is 2.18. The average molecular weight is 283 g/mol. The summed E-state index contributed by atoms with van der Waals surface area (Å²) < 4.78 is 5.24. The number of carbonyl (C=O) groups is 1. The highest BCUT2D eigenvalue weighted by Gasteiger charge is 2.10. The van der Waals surface area contributed by atoms with Crippen LogP contribution in [0.1, 0.15) is 5.69 Å². The van der Waals surface area contributed by atoms with Crippen molar-refractivity contribution >= 4 is 28.8 Å². The topological polar surface area (TPSA) is 55.1 Å². The smallest absolute Gasteiger partial charge is 0.226 e. The molecule has 18 heavy (non-hydrogen) atoms. The van der Waals surface area contributed by atoms with Crippen molar-refractivity contribution in [3.63, 3.8) is 0 Å². The Labute approximate surface area is 113 Å². The van der Waals surface area contributed by atoms with Crippen LogP contribution in [0.4, 0.5) is 0 Å². The van der Waals surface area contributed by atoms with Gasteiger partial charge in [0.25, 0.3) is 0 Å². The third-order valence-corrected chi connectivity index (χ3v) is 3.14. The summed E-state index contributed by atoms with van der Waals surface area (Å²) in [4.78, 5) is 15.9. The molecule has 0 saturated heterocycles. The van der Waals surface area contributed by atoms with Gasteiger partial charge in [-0.1, -0.05) is 18.2 Å². The molecule has 2 heterocycles. The highest BCUT2D eigenvalue weighted by atomic mass is 35.5. The van der Waals surface area contributed by atoms with Gasteiger partial charge in [0, 0.05) is 10.4 Å². The quantitative estimate of drug-likeness (QED) is 0.917. The average Bonchev–Trinajstić information content (AvgIpc) is 2.95. The van der Waals surface area contributed by atoms with Gasteiger partial charge >= 0.3 is 0 Å². The zero-order valence-corrected chi connectivity index (χ0v) is 11.1. The third kappa shape index (κ3) is 3.45. The molecule has 2 aromatic rings. The van der Waals surface area contributed by atoms with Crippen molar-refractivity contribution in [3.05, 3.63) is 41.1 Å². The minimum Gasteiger partial charge on any atom is -0.462 e. The molecule has 0 saturated carbocycles. The monoisotopic (exact) mass is 282 g/mol. The van der Waals surface area contributed by atoms with E-state index in [2.05, 4.69) is 16.9 Å². The summed E-state index contributed by atoms with van der Waals surface area (Å²) in [6.45, 7) is 3.77. The van der Waals surface area contributed by atoms with Crippen LogP contribution in [-0.2, 0) is 11.2 Å². The van der Waals surface area contributed by atoms with E-state index in [-0.39, 0.29) is 18.9 Å². The molecule has 0 aliphatic rings. The molecule has 2 rings (SSSR count). The molecule has 0 aliphatic heterocycles. The van der Waals surface area contributed by atoms with Gasteiger partial charge in [-0.05, 0) is 12.1 Å². The second kappa shape index (κ2) is 5.84. The number of rotatable bonds is 5. The minimum atomic E-state index is -0.131. The fraction of sp³-hybridized carbons (Fsp3) is 0.167. The standard InChI is InChI=1S/C12H11ClN2O2S/c1-8(13)6-14-11(16)5-9-7-18-12(15-9)10-3-2-4-17-10/h2-4,7H,1,5-6H2,(H,14,16). The van der Waals surface area contributed by atoms with Crippen molar-refractivity contribution in [3.8, 4) is 10.8 Å². The summed E-state index contributed by atoms with van der Waals surface area (Å²) in [5.41, 5.74) is 0.712. The lowest BCUT2D eigenvalue weighted by Gasteiger charge is -2.01. The third-order valence-electron chi connectivity index (χ3n) is 2.10.